The molecule has 0 bridgehead atoms. The van der Waals surface area contributed by atoms with Gasteiger partial charge in [-0.25, -0.2) is 9.97 Å². The van der Waals surface area contributed by atoms with Crippen LogP contribution in [0.25, 0.3) is 56.0 Å². The monoisotopic (exact) mass is 584 g/mol. The fraction of sp³-hybridized carbons (Fsp3) is 0.278. The van der Waals surface area contributed by atoms with Gasteiger partial charge in [0.15, 0.2) is 0 Å². The van der Waals surface area contributed by atoms with Gasteiger partial charge in [-0.2, -0.15) is 0 Å². The fourth-order valence-electron chi connectivity index (χ4n) is 6.40. The molecule has 0 aliphatic carbocycles. The van der Waals surface area contributed by atoms with Crippen LogP contribution in [0.5, 0.6) is 11.5 Å². The lowest BCUT2D eigenvalue weighted by Crippen LogP contribution is -2.21. The molecular weight excluding hydrogens is 548 g/mol. The van der Waals surface area contributed by atoms with Gasteiger partial charge < -0.3 is 29.2 Å². The summed E-state index contributed by atoms with van der Waals surface area (Å²) in [6, 6.07) is 29.2. The number of rotatable bonds is 7. The molecule has 6 aromatic rings. The maximum atomic E-state index is 6.16. The van der Waals surface area contributed by atoms with E-state index in [1.807, 2.05) is 24.3 Å². The minimum absolute atomic E-state index is 0.263. The van der Waals surface area contributed by atoms with Crippen molar-refractivity contribution in [2.45, 2.75) is 25.0 Å². The molecule has 0 radical (unpaired) electrons. The average molecular weight is 585 g/mol. The van der Waals surface area contributed by atoms with Crippen molar-refractivity contribution in [2.75, 3.05) is 40.3 Å². The smallest absolute Gasteiger partial charge is 0.138 e. The molecule has 2 saturated heterocycles. The number of benzene rings is 4. The Morgan fingerprint density at radius 3 is 1.36 bits per heavy atom. The summed E-state index contributed by atoms with van der Waals surface area (Å²) in [5.41, 5.74) is 8.20. The maximum absolute atomic E-state index is 6.16. The largest absolute Gasteiger partial charge is 0.489 e. The van der Waals surface area contributed by atoms with Crippen LogP contribution in [-0.4, -0.2) is 82.2 Å². The summed E-state index contributed by atoms with van der Waals surface area (Å²) in [5.74, 6) is 3.52. The number of aromatic amines is 2. The van der Waals surface area contributed by atoms with Gasteiger partial charge in [-0.15, -0.1) is 0 Å². The molecule has 2 fully saturated rings. The molecule has 2 aromatic heterocycles. The Hall–Kier alpha value is -4.66. The predicted octanol–water partition coefficient (Wildman–Crippen LogP) is 6.61. The highest BCUT2D eigenvalue weighted by molar-refractivity contribution is 5.88. The van der Waals surface area contributed by atoms with E-state index in [9.17, 15) is 0 Å². The maximum Gasteiger partial charge on any atom is 0.138 e. The molecule has 0 unspecified atom stereocenters. The van der Waals surface area contributed by atoms with Gasteiger partial charge >= 0.3 is 0 Å². The standard InChI is InChI=1S/C36H36N6O2/c1-41-17-15-29(21-41)43-27-9-3-23(4-10-27)35-37-31-13-7-25(19-33(31)39-35)26-8-14-32-34(20-26)40-36(38-32)24-5-11-28(12-6-24)44-30-16-18-42(2)22-30/h3-14,19-20,29-30H,15-18,21-22H2,1-2H3,(H,37,39)(H,38,40)/t29-,30-/m1/s1. The molecule has 4 aromatic carbocycles. The van der Waals surface area contributed by atoms with E-state index in [1.165, 1.54) is 0 Å². The molecule has 8 nitrogen and oxygen atoms in total. The molecule has 2 N–H and O–H groups in total. The van der Waals surface area contributed by atoms with Crippen LogP contribution < -0.4 is 9.47 Å². The van der Waals surface area contributed by atoms with Crippen LogP contribution in [0, 0.1) is 0 Å². The molecule has 0 amide bonds. The summed E-state index contributed by atoms with van der Waals surface area (Å²) in [5, 5.41) is 0. The molecule has 222 valence electrons. The second-order valence-electron chi connectivity index (χ2n) is 12.3. The van der Waals surface area contributed by atoms with Crippen LogP contribution in [0.3, 0.4) is 0 Å². The van der Waals surface area contributed by atoms with E-state index in [4.69, 9.17) is 19.4 Å². The Morgan fingerprint density at radius 1 is 0.568 bits per heavy atom. The zero-order chi connectivity index (χ0) is 29.6. The van der Waals surface area contributed by atoms with Crippen molar-refractivity contribution >= 4 is 22.1 Å². The van der Waals surface area contributed by atoms with Gasteiger partial charge in [0.1, 0.15) is 35.4 Å². The van der Waals surface area contributed by atoms with Crippen molar-refractivity contribution in [3.05, 3.63) is 84.9 Å². The number of imidazole rings is 2. The molecule has 0 spiro atoms. The Kier molecular flexibility index (Phi) is 6.80. The minimum Gasteiger partial charge on any atom is -0.489 e. The summed E-state index contributed by atoms with van der Waals surface area (Å²) in [4.78, 5) is 21.4. The topological polar surface area (TPSA) is 82.3 Å². The number of hydrogen-bond donors (Lipinski definition) is 2. The van der Waals surface area contributed by atoms with Crippen molar-refractivity contribution in [2.24, 2.45) is 0 Å². The van der Waals surface area contributed by atoms with E-state index in [-0.39, 0.29) is 12.2 Å². The highest BCUT2D eigenvalue weighted by Crippen LogP contribution is 2.30. The first kappa shape index (κ1) is 26.9. The molecule has 8 rings (SSSR count). The fourth-order valence-corrected chi connectivity index (χ4v) is 6.40. The number of aromatic nitrogens is 4. The van der Waals surface area contributed by atoms with Crippen LogP contribution in [0.2, 0.25) is 0 Å². The van der Waals surface area contributed by atoms with Gasteiger partial charge in [0.05, 0.1) is 22.1 Å². The zero-order valence-electron chi connectivity index (χ0n) is 25.1. The molecule has 8 heteroatoms. The third kappa shape index (κ3) is 5.42. The molecule has 2 aliphatic heterocycles. The normalized spacial score (nSPS) is 19.3. The van der Waals surface area contributed by atoms with Gasteiger partial charge in [-0.3, -0.25) is 0 Å². The van der Waals surface area contributed by atoms with Crippen LogP contribution in [0.4, 0.5) is 0 Å². The number of H-pyrrole nitrogens is 2. The minimum atomic E-state index is 0.263. The van der Waals surface area contributed by atoms with E-state index in [0.717, 1.165) is 106 Å². The third-order valence-corrected chi connectivity index (χ3v) is 8.85. The summed E-state index contributed by atoms with van der Waals surface area (Å²) < 4.78 is 12.3. The molecule has 2 atom stereocenters. The number of hydrogen-bond acceptors (Lipinski definition) is 6. The Morgan fingerprint density at radius 2 is 0.977 bits per heavy atom. The molecular formula is C36H36N6O2. The van der Waals surface area contributed by atoms with Crippen molar-refractivity contribution < 1.29 is 9.47 Å². The zero-order valence-corrected chi connectivity index (χ0v) is 25.1. The lowest BCUT2D eigenvalue weighted by molar-refractivity contribution is 0.208. The van der Waals surface area contributed by atoms with E-state index in [2.05, 4.69) is 94.5 Å². The van der Waals surface area contributed by atoms with Gasteiger partial charge in [0.25, 0.3) is 0 Å². The number of nitrogens with zero attached hydrogens (tertiary/aromatic N) is 4. The SMILES string of the molecule is CN1CC[C@@H](Oc2ccc(-c3nc4ccc(-c5ccc6nc(-c7ccc(O[C@@H]8CCN(C)C8)cc7)[nH]c6c5)cc4[nH]3)cc2)C1. The van der Waals surface area contributed by atoms with Crippen LogP contribution in [0.15, 0.2) is 84.9 Å². The summed E-state index contributed by atoms with van der Waals surface area (Å²) in [6.45, 7) is 4.13. The van der Waals surface area contributed by atoms with Crippen LogP contribution >= 0.6 is 0 Å². The number of nitrogens with one attached hydrogen (secondary N) is 2. The highest BCUT2D eigenvalue weighted by Gasteiger charge is 2.22. The molecule has 4 heterocycles. The lowest BCUT2D eigenvalue weighted by atomic mass is 10.0. The summed E-state index contributed by atoms with van der Waals surface area (Å²) in [6.07, 6.45) is 2.67. The van der Waals surface area contributed by atoms with Gasteiger partial charge in [-0.05, 0) is 111 Å². The average Bonchev–Trinajstić information content (AvgIpc) is 3.84. The number of fused-ring (bicyclic) bond motifs is 2. The molecule has 2 aliphatic rings. The second kappa shape index (κ2) is 11.1. The van der Waals surface area contributed by atoms with Crippen molar-refractivity contribution in [1.29, 1.82) is 0 Å². The van der Waals surface area contributed by atoms with Crippen LogP contribution in [0.1, 0.15) is 12.8 Å². The first-order valence-electron chi connectivity index (χ1n) is 15.4. The lowest BCUT2D eigenvalue weighted by Gasteiger charge is -2.13. The van der Waals surface area contributed by atoms with Crippen LogP contribution in [-0.2, 0) is 0 Å². The van der Waals surface area contributed by atoms with Gasteiger partial charge in [0, 0.05) is 37.3 Å². The molecule has 44 heavy (non-hydrogen) atoms. The summed E-state index contributed by atoms with van der Waals surface area (Å²) >= 11 is 0. The first-order chi connectivity index (χ1) is 21.5. The van der Waals surface area contributed by atoms with Crippen molar-refractivity contribution in [3.8, 4) is 45.4 Å². The third-order valence-electron chi connectivity index (χ3n) is 8.85. The van der Waals surface area contributed by atoms with Crippen molar-refractivity contribution in [3.63, 3.8) is 0 Å². The number of likely N-dealkylation sites (N-methyl/N-ethyl adjacent to an activating group) is 2. The van der Waals surface area contributed by atoms with E-state index >= 15 is 0 Å². The second-order valence-corrected chi connectivity index (χ2v) is 12.3. The first-order valence-corrected chi connectivity index (χ1v) is 15.4. The number of likely N-dealkylation sites (tertiary alicyclic amines) is 2. The highest BCUT2D eigenvalue weighted by atomic mass is 16.5. The Bertz CT molecular complexity index is 1790. The molecule has 0 saturated carbocycles. The quantitative estimate of drug-likeness (QED) is 0.220. The Labute approximate surface area is 256 Å². The predicted molar refractivity (Wildman–Crippen MR) is 175 cm³/mol. The summed E-state index contributed by atoms with van der Waals surface area (Å²) in [7, 11) is 4.27. The Balaban J connectivity index is 0.989. The van der Waals surface area contributed by atoms with Gasteiger partial charge in [0.2, 0.25) is 0 Å². The number of ether oxygens (including phenoxy) is 2. The van der Waals surface area contributed by atoms with E-state index in [0.29, 0.717) is 0 Å². The van der Waals surface area contributed by atoms with Gasteiger partial charge in [-0.1, -0.05) is 12.1 Å². The van der Waals surface area contributed by atoms with E-state index < -0.39 is 0 Å². The van der Waals surface area contributed by atoms with E-state index in [1.54, 1.807) is 0 Å². The van der Waals surface area contributed by atoms with Crippen molar-refractivity contribution in [1.82, 2.24) is 29.7 Å².